The van der Waals surface area contributed by atoms with Crippen molar-refractivity contribution in [2.75, 3.05) is 13.6 Å². The molecular weight excluding hydrogens is 196 g/mol. The maximum atomic E-state index is 4.50. The fourth-order valence-corrected chi connectivity index (χ4v) is 2.22. The van der Waals surface area contributed by atoms with Gasteiger partial charge in [0, 0.05) is 19.3 Å². The smallest absolute Gasteiger partial charge is 0.0544 e. The van der Waals surface area contributed by atoms with Crippen LogP contribution in [-0.4, -0.2) is 23.5 Å². The van der Waals surface area contributed by atoms with Crippen molar-refractivity contribution in [1.82, 2.24) is 9.88 Å². The second kappa shape index (κ2) is 5.44. The van der Waals surface area contributed by atoms with Gasteiger partial charge >= 0.3 is 0 Å². The molecule has 1 fully saturated rings. The minimum atomic E-state index is 0.944. The van der Waals surface area contributed by atoms with E-state index in [1.807, 2.05) is 6.20 Å². The molecule has 88 valence electrons. The Bertz CT molecular complexity index is 314. The zero-order chi connectivity index (χ0) is 11.4. The maximum absolute atomic E-state index is 4.50. The zero-order valence-electron chi connectivity index (χ0n) is 10.4. The van der Waals surface area contributed by atoms with Crippen LogP contribution in [0.1, 0.15) is 37.4 Å². The number of pyridine rings is 1. The van der Waals surface area contributed by atoms with Crippen molar-refractivity contribution in [2.24, 2.45) is 5.92 Å². The Kier molecular flexibility index (Phi) is 3.94. The molecule has 2 nitrogen and oxygen atoms in total. The van der Waals surface area contributed by atoms with Gasteiger partial charge in [-0.2, -0.15) is 0 Å². The number of rotatable bonds is 5. The minimum absolute atomic E-state index is 0.944. The highest BCUT2D eigenvalue weighted by Crippen LogP contribution is 2.26. The van der Waals surface area contributed by atoms with E-state index < -0.39 is 0 Å². The molecule has 0 aromatic carbocycles. The maximum Gasteiger partial charge on any atom is 0.0544 e. The Morgan fingerprint density at radius 2 is 2.19 bits per heavy atom. The molecule has 1 heterocycles. The molecule has 0 aliphatic heterocycles. The molecule has 0 unspecified atom stereocenters. The zero-order valence-corrected chi connectivity index (χ0v) is 10.4. The molecule has 0 radical (unpaired) electrons. The van der Waals surface area contributed by atoms with Gasteiger partial charge in [-0.15, -0.1) is 0 Å². The van der Waals surface area contributed by atoms with E-state index in [1.54, 1.807) is 0 Å². The number of nitrogens with zero attached hydrogens (tertiary/aromatic N) is 2. The van der Waals surface area contributed by atoms with Crippen molar-refractivity contribution in [3.8, 4) is 0 Å². The first-order valence-electron chi connectivity index (χ1n) is 6.40. The van der Waals surface area contributed by atoms with Crippen LogP contribution in [0.5, 0.6) is 0 Å². The second-order valence-corrected chi connectivity index (χ2v) is 5.01. The molecule has 2 rings (SSSR count). The van der Waals surface area contributed by atoms with Crippen LogP contribution in [0, 0.1) is 5.92 Å². The van der Waals surface area contributed by atoms with E-state index in [4.69, 9.17) is 0 Å². The predicted molar refractivity (Wildman–Crippen MR) is 67.3 cm³/mol. The molecule has 1 saturated carbocycles. The van der Waals surface area contributed by atoms with Crippen LogP contribution in [-0.2, 0) is 13.0 Å². The van der Waals surface area contributed by atoms with Crippen LogP contribution in [0.4, 0.5) is 0 Å². The van der Waals surface area contributed by atoms with Gasteiger partial charge < -0.3 is 4.90 Å². The Morgan fingerprint density at radius 3 is 2.69 bits per heavy atom. The van der Waals surface area contributed by atoms with Gasteiger partial charge in [0.05, 0.1) is 5.69 Å². The summed E-state index contributed by atoms with van der Waals surface area (Å²) in [6.45, 7) is 4.39. The number of aryl methyl sites for hydroxylation is 1. The van der Waals surface area contributed by atoms with Crippen molar-refractivity contribution in [3.63, 3.8) is 0 Å². The van der Waals surface area contributed by atoms with Crippen LogP contribution in [0.3, 0.4) is 0 Å². The summed E-state index contributed by atoms with van der Waals surface area (Å²) in [6.07, 6.45) is 7.36. The van der Waals surface area contributed by atoms with Crippen LogP contribution in [0.2, 0.25) is 0 Å². The van der Waals surface area contributed by atoms with Gasteiger partial charge in [0.2, 0.25) is 0 Å². The Balaban J connectivity index is 1.82. The summed E-state index contributed by atoms with van der Waals surface area (Å²) in [4.78, 5) is 6.90. The first-order valence-corrected chi connectivity index (χ1v) is 6.40. The summed E-state index contributed by atoms with van der Waals surface area (Å²) in [7, 11) is 2.20. The van der Waals surface area contributed by atoms with E-state index in [9.17, 15) is 0 Å². The molecule has 1 aliphatic carbocycles. The lowest BCUT2D eigenvalue weighted by Crippen LogP contribution is -2.29. The topological polar surface area (TPSA) is 16.1 Å². The molecule has 0 saturated heterocycles. The second-order valence-electron chi connectivity index (χ2n) is 5.01. The molecule has 0 bridgehead atoms. The Morgan fingerprint density at radius 1 is 1.38 bits per heavy atom. The van der Waals surface area contributed by atoms with E-state index in [0.29, 0.717) is 0 Å². The van der Waals surface area contributed by atoms with Gasteiger partial charge in [-0.25, -0.2) is 0 Å². The molecule has 16 heavy (non-hydrogen) atoms. The quantitative estimate of drug-likeness (QED) is 0.755. The average molecular weight is 218 g/mol. The van der Waals surface area contributed by atoms with Gasteiger partial charge in [0.15, 0.2) is 0 Å². The predicted octanol–water partition coefficient (Wildman–Crippen LogP) is 2.88. The summed E-state index contributed by atoms with van der Waals surface area (Å²) in [6, 6.07) is 4.36. The Labute approximate surface area is 98.7 Å². The third-order valence-corrected chi connectivity index (χ3v) is 3.52. The van der Waals surface area contributed by atoms with Crippen LogP contribution in [0.15, 0.2) is 18.3 Å². The molecule has 0 N–H and O–H groups in total. The number of aromatic nitrogens is 1. The fourth-order valence-electron chi connectivity index (χ4n) is 2.22. The molecule has 1 aliphatic rings. The van der Waals surface area contributed by atoms with E-state index >= 15 is 0 Å². The van der Waals surface area contributed by atoms with Crippen molar-refractivity contribution in [2.45, 2.75) is 39.2 Å². The lowest BCUT2D eigenvalue weighted by atomic mass is 9.85. The third kappa shape index (κ3) is 3.05. The number of hydrogen-bond acceptors (Lipinski definition) is 2. The van der Waals surface area contributed by atoms with Crippen LogP contribution >= 0.6 is 0 Å². The van der Waals surface area contributed by atoms with E-state index in [-0.39, 0.29) is 0 Å². The first-order chi connectivity index (χ1) is 7.78. The van der Waals surface area contributed by atoms with Crippen molar-refractivity contribution in [1.29, 1.82) is 0 Å². The highest BCUT2D eigenvalue weighted by atomic mass is 15.1. The monoisotopic (exact) mass is 218 g/mol. The summed E-state index contributed by atoms with van der Waals surface area (Å²) < 4.78 is 0. The largest absolute Gasteiger partial charge is 0.300 e. The van der Waals surface area contributed by atoms with Crippen molar-refractivity contribution >= 4 is 0 Å². The first kappa shape index (κ1) is 11.6. The van der Waals surface area contributed by atoms with E-state index in [2.05, 4.69) is 36.0 Å². The lowest BCUT2D eigenvalue weighted by Gasteiger charge is -2.29. The van der Waals surface area contributed by atoms with E-state index in [0.717, 1.165) is 18.9 Å². The minimum Gasteiger partial charge on any atom is -0.300 e. The lowest BCUT2D eigenvalue weighted by molar-refractivity contribution is 0.199. The molecular formula is C14H22N2. The van der Waals surface area contributed by atoms with E-state index in [1.165, 1.54) is 37.1 Å². The van der Waals surface area contributed by atoms with Crippen molar-refractivity contribution in [3.05, 3.63) is 29.6 Å². The van der Waals surface area contributed by atoms with Gasteiger partial charge in [-0.1, -0.05) is 19.4 Å². The normalized spacial score (nSPS) is 16.4. The van der Waals surface area contributed by atoms with Gasteiger partial charge in [0.25, 0.3) is 0 Å². The van der Waals surface area contributed by atoms with Gasteiger partial charge in [-0.3, -0.25) is 4.98 Å². The third-order valence-electron chi connectivity index (χ3n) is 3.52. The molecule has 0 amide bonds. The Hall–Kier alpha value is -0.890. The van der Waals surface area contributed by atoms with Gasteiger partial charge in [0.1, 0.15) is 0 Å². The average Bonchev–Trinajstić information content (AvgIpc) is 2.25. The summed E-state index contributed by atoms with van der Waals surface area (Å²) in [5.74, 6) is 0.944. The highest BCUT2D eigenvalue weighted by Gasteiger charge is 2.18. The summed E-state index contributed by atoms with van der Waals surface area (Å²) >= 11 is 0. The molecule has 0 spiro atoms. The SMILES string of the molecule is CCc1ccc(CN(C)CC2CCC2)nc1. The van der Waals surface area contributed by atoms with Crippen molar-refractivity contribution < 1.29 is 0 Å². The summed E-state index contributed by atoms with van der Waals surface area (Å²) in [5, 5.41) is 0. The fraction of sp³-hybridized carbons (Fsp3) is 0.643. The highest BCUT2D eigenvalue weighted by molar-refractivity contribution is 5.13. The summed E-state index contributed by atoms with van der Waals surface area (Å²) in [5.41, 5.74) is 2.52. The molecule has 0 atom stereocenters. The molecule has 2 heteroatoms. The molecule has 1 aromatic rings. The molecule has 1 aromatic heterocycles. The standard InChI is InChI=1S/C14H22N2/c1-3-12-7-8-14(15-9-12)11-16(2)10-13-5-4-6-13/h7-9,13H,3-6,10-11H2,1-2H3. The number of hydrogen-bond donors (Lipinski definition) is 0. The van der Waals surface area contributed by atoms with Crippen LogP contribution < -0.4 is 0 Å². The van der Waals surface area contributed by atoms with Gasteiger partial charge in [-0.05, 0) is 43.9 Å². The van der Waals surface area contributed by atoms with Crippen LogP contribution in [0.25, 0.3) is 0 Å².